The Kier molecular flexibility index (Phi) is 3.58. The van der Waals surface area contributed by atoms with Gasteiger partial charge in [-0.15, -0.1) is 0 Å². The Morgan fingerprint density at radius 2 is 2.00 bits per heavy atom. The summed E-state index contributed by atoms with van der Waals surface area (Å²) < 4.78 is 19.5. The van der Waals surface area contributed by atoms with Crippen LogP contribution in [0, 0.1) is 5.82 Å². The molecule has 0 amide bonds. The van der Waals surface area contributed by atoms with Crippen molar-refractivity contribution < 1.29 is 9.13 Å². The van der Waals surface area contributed by atoms with Gasteiger partial charge in [0.25, 0.3) is 0 Å². The van der Waals surface area contributed by atoms with Gasteiger partial charge < -0.3 is 10.5 Å². The SMILES string of the molecule is Nc1ncnc(Oc2ccc(Br)c(F)c2)c1Br. The van der Waals surface area contributed by atoms with Gasteiger partial charge in [-0.25, -0.2) is 14.4 Å². The van der Waals surface area contributed by atoms with Crippen molar-refractivity contribution in [1.82, 2.24) is 9.97 Å². The van der Waals surface area contributed by atoms with Crippen LogP contribution in [0.5, 0.6) is 11.6 Å². The lowest BCUT2D eigenvalue weighted by Crippen LogP contribution is -1.96. The monoisotopic (exact) mass is 361 g/mol. The van der Waals surface area contributed by atoms with Crippen LogP contribution in [-0.2, 0) is 0 Å². The Morgan fingerprint density at radius 1 is 1.24 bits per heavy atom. The summed E-state index contributed by atoms with van der Waals surface area (Å²) in [7, 11) is 0. The van der Waals surface area contributed by atoms with Gasteiger partial charge in [0.15, 0.2) is 0 Å². The largest absolute Gasteiger partial charge is 0.438 e. The summed E-state index contributed by atoms with van der Waals surface area (Å²) in [6, 6.07) is 4.40. The van der Waals surface area contributed by atoms with Gasteiger partial charge in [-0.05, 0) is 44.0 Å². The molecule has 1 heterocycles. The number of hydrogen-bond acceptors (Lipinski definition) is 4. The van der Waals surface area contributed by atoms with E-state index in [1.165, 1.54) is 12.4 Å². The number of ether oxygens (including phenoxy) is 1. The third-order valence-electron chi connectivity index (χ3n) is 1.89. The second-order valence-corrected chi connectivity index (χ2v) is 4.70. The first kappa shape index (κ1) is 12.3. The smallest absolute Gasteiger partial charge is 0.238 e. The van der Waals surface area contributed by atoms with Crippen molar-refractivity contribution in [3.8, 4) is 11.6 Å². The molecule has 2 rings (SSSR count). The molecule has 2 N–H and O–H groups in total. The zero-order chi connectivity index (χ0) is 12.4. The molecule has 7 heteroatoms. The molecular formula is C10H6Br2FN3O. The lowest BCUT2D eigenvalue weighted by atomic mass is 10.3. The molecule has 0 aliphatic carbocycles. The van der Waals surface area contributed by atoms with E-state index in [-0.39, 0.29) is 11.7 Å². The molecular weight excluding hydrogens is 357 g/mol. The number of nitrogens with zero attached hydrogens (tertiary/aromatic N) is 2. The van der Waals surface area contributed by atoms with E-state index in [1.807, 2.05) is 0 Å². The van der Waals surface area contributed by atoms with Crippen LogP contribution in [0.3, 0.4) is 0 Å². The third-order valence-corrected chi connectivity index (χ3v) is 3.28. The topological polar surface area (TPSA) is 61.0 Å². The second-order valence-electron chi connectivity index (χ2n) is 3.06. The molecule has 4 nitrogen and oxygen atoms in total. The van der Waals surface area contributed by atoms with Crippen LogP contribution in [0.2, 0.25) is 0 Å². The summed E-state index contributed by atoms with van der Waals surface area (Å²) in [6.45, 7) is 0. The average Bonchev–Trinajstić information content (AvgIpc) is 2.30. The fraction of sp³-hybridized carbons (Fsp3) is 0. The first-order chi connectivity index (χ1) is 8.08. The fourth-order valence-corrected chi connectivity index (χ4v) is 1.62. The number of nitrogen functional groups attached to an aromatic ring is 1. The summed E-state index contributed by atoms with van der Waals surface area (Å²) in [5.41, 5.74) is 5.57. The second kappa shape index (κ2) is 4.97. The van der Waals surface area contributed by atoms with Crippen molar-refractivity contribution >= 4 is 37.7 Å². The quantitative estimate of drug-likeness (QED) is 0.887. The van der Waals surface area contributed by atoms with E-state index in [1.54, 1.807) is 12.1 Å². The summed E-state index contributed by atoms with van der Waals surface area (Å²) in [5.74, 6) is 0.400. The maximum atomic E-state index is 13.3. The number of anilines is 1. The maximum Gasteiger partial charge on any atom is 0.238 e. The van der Waals surface area contributed by atoms with Crippen molar-refractivity contribution in [2.75, 3.05) is 5.73 Å². The van der Waals surface area contributed by atoms with Crippen molar-refractivity contribution in [2.24, 2.45) is 0 Å². The minimum Gasteiger partial charge on any atom is -0.438 e. The molecule has 0 fully saturated rings. The highest BCUT2D eigenvalue weighted by atomic mass is 79.9. The number of halogens is 3. The molecule has 17 heavy (non-hydrogen) atoms. The molecule has 0 unspecified atom stereocenters. The van der Waals surface area contributed by atoms with Gasteiger partial charge in [0.05, 0.1) is 4.47 Å². The lowest BCUT2D eigenvalue weighted by Gasteiger charge is -2.07. The Morgan fingerprint density at radius 3 is 2.71 bits per heavy atom. The maximum absolute atomic E-state index is 13.3. The van der Waals surface area contributed by atoms with Crippen LogP contribution in [0.15, 0.2) is 33.5 Å². The minimum absolute atomic E-state index is 0.235. The van der Waals surface area contributed by atoms with Crippen LogP contribution in [0.4, 0.5) is 10.2 Å². The Bertz CT molecular complexity index is 565. The molecule has 0 saturated carbocycles. The molecule has 0 radical (unpaired) electrons. The molecule has 0 aliphatic rings. The molecule has 0 saturated heterocycles. The Balaban J connectivity index is 2.31. The third kappa shape index (κ3) is 2.73. The Hall–Kier alpha value is -1.21. The van der Waals surface area contributed by atoms with Gasteiger partial charge >= 0.3 is 0 Å². The number of rotatable bonds is 2. The summed E-state index contributed by atoms with van der Waals surface area (Å²) in [5, 5.41) is 0. The first-order valence-corrected chi connectivity index (χ1v) is 6.05. The number of benzene rings is 1. The highest BCUT2D eigenvalue weighted by Crippen LogP contribution is 2.31. The summed E-state index contributed by atoms with van der Waals surface area (Å²) in [6.07, 6.45) is 1.27. The van der Waals surface area contributed by atoms with Gasteiger partial charge in [0.2, 0.25) is 5.88 Å². The molecule has 0 atom stereocenters. The number of aromatic nitrogens is 2. The fourth-order valence-electron chi connectivity index (χ4n) is 1.09. The van der Waals surface area contributed by atoms with Gasteiger partial charge in [0, 0.05) is 6.07 Å². The van der Waals surface area contributed by atoms with Crippen molar-refractivity contribution in [2.45, 2.75) is 0 Å². The predicted molar refractivity (Wildman–Crippen MR) is 68.3 cm³/mol. The first-order valence-electron chi connectivity index (χ1n) is 4.47. The zero-order valence-electron chi connectivity index (χ0n) is 8.32. The van der Waals surface area contributed by atoms with Crippen LogP contribution in [-0.4, -0.2) is 9.97 Å². The average molecular weight is 363 g/mol. The van der Waals surface area contributed by atoms with E-state index < -0.39 is 5.82 Å². The van der Waals surface area contributed by atoms with E-state index in [0.29, 0.717) is 14.7 Å². The minimum atomic E-state index is -0.416. The van der Waals surface area contributed by atoms with E-state index in [2.05, 4.69) is 41.8 Å². The molecule has 2 aromatic rings. The van der Waals surface area contributed by atoms with Gasteiger partial charge in [-0.2, -0.15) is 0 Å². The molecule has 88 valence electrons. The van der Waals surface area contributed by atoms with Crippen LogP contribution < -0.4 is 10.5 Å². The van der Waals surface area contributed by atoms with Gasteiger partial charge in [0.1, 0.15) is 28.2 Å². The van der Waals surface area contributed by atoms with Crippen molar-refractivity contribution in [3.63, 3.8) is 0 Å². The zero-order valence-corrected chi connectivity index (χ0v) is 11.5. The van der Waals surface area contributed by atoms with E-state index in [4.69, 9.17) is 10.5 Å². The van der Waals surface area contributed by atoms with Gasteiger partial charge in [-0.3, -0.25) is 0 Å². The molecule has 0 bridgehead atoms. The number of hydrogen-bond donors (Lipinski definition) is 1. The summed E-state index contributed by atoms with van der Waals surface area (Å²) >= 11 is 6.25. The van der Waals surface area contributed by atoms with Crippen LogP contribution in [0.1, 0.15) is 0 Å². The lowest BCUT2D eigenvalue weighted by molar-refractivity contribution is 0.453. The van der Waals surface area contributed by atoms with Crippen molar-refractivity contribution in [3.05, 3.63) is 39.3 Å². The molecule has 0 spiro atoms. The van der Waals surface area contributed by atoms with E-state index in [0.717, 1.165) is 0 Å². The highest BCUT2D eigenvalue weighted by molar-refractivity contribution is 9.11. The van der Waals surface area contributed by atoms with E-state index >= 15 is 0 Å². The Labute approximate surface area is 113 Å². The van der Waals surface area contributed by atoms with Crippen LogP contribution in [0.25, 0.3) is 0 Å². The van der Waals surface area contributed by atoms with Gasteiger partial charge in [-0.1, -0.05) is 0 Å². The standard InChI is InChI=1S/C10H6Br2FN3O/c11-6-2-1-5(3-7(6)13)17-10-8(12)9(14)15-4-16-10/h1-4H,(H2,14,15,16). The molecule has 0 aliphatic heterocycles. The summed E-state index contributed by atoms with van der Waals surface area (Å²) in [4.78, 5) is 7.66. The van der Waals surface area contributed by atoms with Crippen LogP contribution >= 0.6 is 31.9 Å². The number of nitrogens with two attached hydrogens (primary N) is 1. The normalized spacial score (nSPS) is 10.3. The van der Waals surface area contributed by atoms with E-state index in [9.17, 15) is 4.39 Å². The molecule has 1 aromatic carbocycles. The molecule has 1 aromatic heterocycles. The van der Waals surface area contributed by atoms with Crippen molar-refractivity contribution in [1.29, 1.82) is 0 Å². The predicted octanol–water partition coefficient (Wildman–Crippen LogP) is 3.52. The highest BCUT2D eigenvalue weighted by Gasteiger charge is 2.09.